The topological polar surface area (TPSA) is 64.3 Å². The van der Waals surface area contributed by atoms with Crippen molar-refractivity contribution in [1.29, 1.82) is 0 Å². The van der Waals surface area contributed by atoms with Crippen molar-refractivity contribution in [2.24, 2.45) is 5.41 Å². The summed E-state index contributed by atoms with van der Waals surface area (Å²) in [5, 5.41) is 3.46. The molecule has 2 aliphatic rings. The van der Waals surface area contributed by atoms with Gasteiger partial charge in [-0.15, -0.1) is 0 Å². The van der Waals surface area contributed by atoms with Crippen molar-refractivity contribution in [2.75, 3.05) is 39.8 Å². The smallest absolute Gasteiger partial charge is 0.239 e. The molecule has 1 atom stereocenters. The number of amides is 1. The van der Waals surface area contributed by atoms with Crippen LogP contribution >= 0.6 is 0 Å². The third-order valence-corrected chi connectivity index (χ3v) is 6.69. The van der Waals surface area contributed by atoms with Crippen LogP contribution in [0.15, 0.2) is 18.2 Å². The maximum absolute atomic E-state index is 13.3. The highest BCUT2D eigenvalue weighted by Gasteiger charge is 2.46. The normalized spacial score (nSPS) is 22.2. The standard InChI is InChI=1S/C22H33N5O/c1-4-27(12-7-20-24-17-6-5-16(2)13-18(17)25-20)21(28)19-14-22(15-26(19)3)8-10-23-11-9-22/h5-6,13,19,23H,4,7-12,14-15H2,1-3H3,(H,24,25)/t19-/m1/s1. The van der Waals surface area contributed by atoms with E-state index in [1.54, 1.807) is 0 Å². The molecule has 1 spiro atoms. The Labute approximate surface area is 167 Å². The summed E-state index contributed by atoms with van der Waals surface area (Å²) in [6.45, 7) is 8.84. The number of H-pyrrole nitrogens is 1. The molecule has 2 aliphatic heterocycles. The third kappa shape index (κ3) is 3.80. The molecule has 2 saturated heterocycles. The van der Waals surface area contributed by atoms with Gasteiger partial charge in [-0.05, 0) is 76.4 Å². The fourth-order valence-electron chi connectivity index (χ4n) is 5.04. The molecule has 152 valence electrons. The Balaban J connectivity index is 1.40. The molecule has 1 aromatic carbocycles. The Bertz CT molecular complexity index is 839. The van der Waals surface area contributed by atoms with Crippen molar-refractivity contribution in [3.05, 3.63) is 29.6 Å². The Morgan fingerprint density at radius 1 is 1.36 bits per heavy atom. The molecule has 3 heterocycles. The first-order chi connectivity index (χ1) is 13.5. The number of rotatable bonds is 5. The maximum atomic E-state index is 13.3. The SMILES string of the molecule is CCN(CCc1nc2ccc(C)cc2[nH]1)C(=O)[C@H]1CC2(CCNCC2)CN1C. The first-order valence-electron chi connectivity index (χ1n) is 10.6. The maximum Gasteiger partial charge on any atom is 0.239 e. The number of carbonyl (C=O) groups is 1. The number of likely N-dealkylation sites (tertiary alicyclic amines) is 1. The Morgan fingerprint density at radius 2 is 2.14 bits per heavy atom. The number of nitrogens with one attached hydrogen (secondary N) is 2. The van der Waals surface area contributed by atoms with Gasteiger partial charge in [-0.25, -0.2) is 4.98 Å². The van der Waals surface area contributed by atoms with Gasteiger partial charge in [0, 0.05) is 26.1 Å². The number of piperidine rings is 1. The molecular formula is C22H33N5O. The van der Waals surface area contributed by atoms with Crippen LogP contribution in [0, 0.1) is 12.3 Å². The minimum Gasteiger partial charge on any atom is -0.342 e. The molecule has 6 heteroatoms. The zero-order valence-electron chi connectivity index (χ0n) is 17.4. The molecule has 0 aliphatic carbocycles. The van der Waals surface area contributed by atoms with Crippen LogP contribution in [0.4, 0.5) is 0 Å². The van der Waals surface area contributed by atoms with Gasteiger partial charge in [0.15, 0.2) is 0 Å². The van der Waals surface area contributed by atoms with E-state index in [0.717, 1.165) is 55.9 Å². The molecule has 6 nitrogen and oxygen atoms in total. The van der Waals surface area contributed by atoms with E-state index >= 15 is 0 Å². The van der Waals surface area contributed by atoms with E-state index in [2.05, 4.69) is 59.3 Å². The van der Waals surface area contributed by atoms with E-state index in [0.29, 0.717) is 12.0 Å². The molecule has 2 N–H and O–H groups in total. The van der Waals surface area contributed by atoms with Gasteiger partial charge in [0.25, 0.3) is 0 Å². The van der Waals surface area contributed by atoms with Gasteiger partial charge in [0.2, 0.25) is 5.91 Å². The third-order valence-electron chi connectivity index (χ3n) is 6.69. The number of fused-ring (bicyclic) bond motifs is 1. The monoisotopic (exact) mass is 383 g/mol. The van der Waals surface area contributed by atoms with Gasteiger partial charge >= 0.3 is 0 Å². The average Bonchev–Trinajstić information content (AvgIpc) is 3.22. The van der Waals surface area contributed by atoms with E-state index in [9.17, 15) is 4.79 Å². The van der Waals surface area contributed by atoms with Crippen LogP contribution < -0.4 is 5.32 Å². The number of hydrogen-bond donors (Lipinski definition) is 2. The van der Waals surface area contributed by atoms with E-state index in [4.69, 9.17) is 0 Å². The van der Waals surface area contributed by atoms with Crippen molar-refractivity contribution in [2.45, 2.75) is 45.6 Å². The van der Waals surface area contributed by atoms with E-state index in [-0.39, 0.29) is 11.9 Å². The predicted octanol–water partition coefficient (Wildman–Crippen LogP) is 2.34. The molecule has 0 bridgehead atoms. The summed E-state index contributed by atoms with van der Waals surface area (Å²) in [6.07, 6.45) is 4.14. The van der Waals surface area contributed by atoms with Crippen molar-refractivity contribution in [1.82, 2.24) is 25.1 Å². The van der Waals surface area contributed by atoms with E-state index in [1.807, 2.05) is 4.90 Å². The van der Waals surface area contributed by atoms with Crippen LogP contribution in [0.3, 0.4) is 0 Å². The minimum atomic E-state index is 0.0244. The molecule has 1 amide bonds. The number of likely N-dealkylation sites (N-methyl/N-ethyl adjacent to an activating group) is 2. The Hall–Kier alpha value is -1.92. The van der Waals surface area contributed by atoms with Crippen LogP contribution in [0.2, 0.25) is 0 Å². The molecule has 0 radical (unpaired) electrons. The zero-order valence-corrected chi connectivity index (χ0v) is 17.4. The van der Waals surface area contributed by atoms with Gasteiger partial charge in [-0.1, -0.05) is 6.07 Å². The second-order valence-corrected chi connectivity index (χ2v) is 8.76. The van der Waals surface area contributed by atoms with Crippen molar-refractivity contribution in [3.63, 3.8) is 0 Å². The molecule has 2 fully saturated rings. The molecule has 4 rings (SSSR count). The molecule has 0 unspecified atom stereocenters. The fraction of sp³-hybridized carbons (Fsp3) is 0.636. The first kappa shape index (κ1) is 19.4. The summed E-state index contributed by atoms with van der Waals surface area (Å²) in [7, 11) is 2.12. The van der Waals surface area contributed by atoms with Crippen LogP contribution in [-0.2, 0) is 11.2 Å². The first-order valence-corrected chi connectivity index (χ1v) is 10.6. The summed E-state index contributed by atoms with van der Waals surface area (Å²) in [4.78, 5) is 25.7. The van der Waals surface area contributed by atoms with Crippen LogP contribution in [0.5, 0.6) is 0 Å². The number of aromatic amines is 1. The molecule has 28 heavy (non-hydrogen) atoms. The largest absolute Gasteiger partial charge is 0.342 e. The van der Waals surface area contributed by atoms with Gasteiger partial charge in [0.05, 0.1) is 17.1 Å². The zero-order chi connectivity index (χ0) is 19.7. The van der Waals surface area contributed by atoms with Crippen molar-refractivity contribution >= 4 is 16.9 Å². The van der Waals surface area contributed by atoms with Gasteiger partial charge in [-0.2, -0.15) is 0 Å². The lowest BCUT2D eigenvalue weighted by molar-refractivity contribution is -0.135. The summed E-state index contributed by atoms with van der Waals surface area (Å²) < 4.78 is 0. The highest BCUT2D eigenvalue weighted by atomic mass is 16.2. The lowest BCUT2D eigenvalue weighted by atomic mass is 9.77. The molecular weight excluding hydrogens is 350 g/mol. The number of aryl methyl sites for hydroxylation is 1. The second kappa shape index (κ2) is 7.84. The Kier molecular flexibility index (Phi) is 5.43. The van der Waals surface area contributed by atoms with Gasteiger partial charge < -0.3 is 15.2 Å². The molecule has 0 saturated carbocycles. The number of imidazole rings is 1. The lowest BCUT2D eigenvalue weighted by Gasteiger charge is -2.33. The van der Waals surface area contributed by atoms with Crippen LogP contribution in [0.1, 0.15) is 37.6 Å². The quantitative estimate of drug-likeness (QED) is 0.832. The minimum absolute atomic E-state index is 0.0244. The average molecular weight is 384 g/mol. The number of carbonyl (C=O) groups excluding carboxylic acids is 1. The number of nitrogens with zero attached hydrogens (tertiary/aromatic N) is 3. The second-order valence-electron chi connectivity index (χ2n) is 8.76. The Morgan fingerprint density at radius 3 is 2.89 bits per heavy atom. The summed E-state index contributed by atoms with van der Waals surface area (Å²) >= 11 is 0. The van der Waals surface area contributed by atoms with Gasteiger partial charge in [-0.3, -0.25) is 9.69 Å². The van der Waals surface area contributed by atoms with Crippen molar-refractivity contribution in [3.8, 4) is 0 Å². The predicted molar refractivity (Wildman–Crippen MR) is 112 cm³/mol. The summed E-state index contributed by atoms with van der Waals surface area (Å²) in [5.41, 5.74) is 3.63. The fourth-order valence-corrected chi connectivity index (χ4v) is 5.04. The van der Waals surface area contributed by atoms with Gasteiger partial charge in [0.1, 0.15) is 5.82 Å². The van der Waals surface area contributed by atoms with Crippen molar-refractivity contribution < 1.29 is 4.79 Å². The highest BCUT2D eigenvalue weighted by Crippen LogP contribution is 2.41. The summed E-state index contributed by atoms with van der Waals surface area (Å²) in [5.74, 6) is 1.24. The van der Waals surface area contributed by atoms with Crippen LogP contribution in [0.25, 0.3) is 11.0 Å². The number of aromatic nitrogens is 2. The summed E-state index contributed by atoms with van der Waals surface area (Å²) in [6, 6.07) is 6.29. The lowest BCUT2D eigenvalue weighted by Crippen LogP contribution is -2.45. The van der Waals surface area contributed by atoms with E-state index in [1.165, 1.54) is 18.4 Å². The van der Waals surface area contributed by atoms with Crippen LogP contribution in [-0.4, -0.2) is 71.5 Å². The number of benzene rings is 1. The van der Waals surface area contributed by atoms with E-state index < -0.39 is 0 Å². The molecule has 1 aromatic heterocycles. The number of hydrogen-bond acceptors (Lipinski definition) is 4. The molecule has 2 aromatic rings. The highest BCUT2D eigenvalue weighted by molar-refractivity contribution is 5.82.